The van der Waals surface area contributed by atoms with E-state index in [-0.39, 0.29) is 30.7 Å². The van der Waals surface area contributed by atoms with Crippen molar-refractivity contribution in [1.29, 1.82) is 0 Å². The molecule has 228 valence electrons. The molecule has 1 aliphatic rings. The second-order valence-electron chi connectivity index (χ2n) is 10.2. The first-order chi connectivity index (χ1) is 21.1. The number of carbonyl (C=O) groups excluding carboxylic acids is 1. The highest BCUT2D eigenvalue weighted by atomic mass is 127. The number of esters is 1. The lowest BCUT2D eigenvalue weighted by atomic mass is 9.95. The van der Waals surface area contributed by atoms with Crippen LogP contribution in [0, 0.1) is 13.0 Å². The summed E-state index contributed by atoms with van der Waals surface area (Å²) in [5, 5.41) is 0. The number of nitrogens with zero attached hydrogens (tertiary/aromatic N) is 2. The summed E-state index contributed by atoms with van der Waals surface area (Å²) in [5.74, 6) is 0.433. The van der Waals surface area contributed by atoms with Gasteiger partial charge in [0.2, 0.25) is 0 Å². The largest absolute Gasteiger partial charge is 0.491 e. The molecule has 0 aliphatic carbocycles. The molecule has 4 aromatic rings. The number of halogens is 3. The van der Waals surface area contributed by atoms with Crippen molar-refractivity contribution >= 4 is 68.6 Å². The Balaban J connectivity index is 1.59. The SMILES string of the molecule is CCOC(=O)C1=C(C)N=c2s/c(=C/c3cc(I)c(OCc4cccc(F)c4)c(I)c3)c(=O)n2[C@@H]1c1ccccc1OC(C)C. The molecule has 5 rings (SSSR count). The average molecular weight is 838 g/mol. The number of benzene rings is 3. The van der Waals surface area contributed by atoms with Gasteiger partial charge in [-0.05, 0) is 120 Å². The van der Waals surface area contributed by atoms with Crippen molar-refractivity contribution in [3.8, 4) is 11.5 Å². The third kappa shape index (κ3) is 6.94. The lowest BCUT2D eigenvalue weighted by Gasteiger charge is -2.26. The minimum Gasteiger partial charge on any atom is -0.491 e. The van der Waals surface area contributed by atoms with Crippen LogP contribution in [-0.2, 0) is 16.1 Å². The molecule has 11 heteroatoms. The molecule has 1 aliphatic heterocycles. The predicted molar refractivity (Wildman–Crippen MR) is 185 cm³/mol. The molecule has 1 atom stereocenters. The number of rotatable bonds is 9. The number of ether oxygens (including phenoxy) is 3. The standard InChI is InChI=1S/C33H29FI2N2O5S/c1-5-41-32(40)28-19(4)37-33-38(29(28)23-11-6-7-12-26(23)43-18(2)3)31(39)27(44-33)16-21-14-24(35)30(25(36)15-21)42-17-20-9-8-10-22(34)13-20/h6-16,18,29H,5,17H2,1-4H3/b27-16+/t29-/m1/s1. The van der Waals surface area contributed by atoms with Crippen molar-refractivity contribution in [2.45, 2.75) is 46.4 Å². The third-order valence-electron chi connectivity index (χ3n) is 6.68. The van der Waals surface area contributed by atoms with Crippen LogP contribution < -0.4 is 24.4 Å². The van der Waals surface area contributed by atoms with Crippen LogP contribution in [0.5, 0.6) is 11.5 Å². The van der Waals surface area contributed by atoms with E-state index >= 15 is 0 Å². The van der Waals surface area contributed by atoms with E-state index in [1.165, 1.54) is 23.5 Å². The summed E-state index contributed by atoms with van der Waals surface area (Å²) in [4.78, 5) is 32.5. The van der Waals surface area contributed by atoms with Gasteiger partial charge < -0.3 is 14.2 Å². The minimum atomic E-state index is -0.777. The summed E-state index contributed by atoms with van der Waals surface area (Å²) < 4.78 is 34.9. The summed E-state index contributed by atoms with van der Waals surface area (Å²) in [5.41, 5.74) is 2.73. The second-order valence-corrected chi connectivity index (χ2v) is 13.6. The first-order valence-corrected chi connectivity index (χ1v) is 16.9. The zero-order valence-electron chi connectivity index (χ0n) is 24.4. The molecule has 0 spiro atoms. The first kappa shape index (κ1) is 32.4. The first-order valence-electron chi connectivity index (χ1n) is 13.9. The number of thiazole rings is 1. The van der Waals surface area contributed by atoms with E-state index in [0.29, 0.717) is 37.7 Å². The topological polar surface area (TPSA) is 79.1 Å². The van der Waals surface area contributed by atoms with E-state index in [0.717, 1.165) is 18.3 Å². The Morgan fingerprint density at radius 1 is 1.11 bits per heavy atom. The Morgan fingerprint density at radius 2 is 1.84 bits per heavy atom. The molecule has 44 heavy (non-hydrogen) atoms. The highest BCUT2D eigenvalue weighted by Gasteiger charge is 2.35. The van der Waals surface area contributed by atoms with E-state index in [2.05, 4.69) is 50.2 Å². The molecule has 0 fully saturated rings. The number of allylic oxidation sites excluding steroid dienone is 1. The van der Waals surface area contributed by atoms with E-state index in [1.54, 1.807) is 24.5 Å². The molecule has 3 aromatic carbocycles. The van der Waals surface area contributed by atoms with Crippen molar-refractivity contribution in [1.82, 2.24) is 4.57 Å². The van der Waals surface area contributed by atoms with Gasteiger partial charge in [-0.15, -0.1) is 0 Å². The Labute approximate surface area is 285 Å². The number of hydrogen-bond acceptors (Lipinski definition) is 7. The van der Waals surface area contributed by atoms with Crippen LogP contribution in [0.25, 0.3) is 6.08 Å². The smallest absolute Gasteiger partial charge is 0.338 e. The summed E-state index contributed by atoms with van der Waals surface area (Å²) in [7, 11) is 0. The summed E-state index contributed by atoms with van der Waals surface area (Å²) in [6.45, 7) is 7.78. The van der Waals surface area contributed by atoms with Crippen LogP contribution in [0.1, 0.15) is 50.4 Å². The van der Waals surface area contributed by atoms with Crippen molar-refractivity contribution < 1.29 is 23.4 Å². The average Bonchev–Trinajstić information content (AvgIpc) is 3.26. The fourth-order valence-electron chi connectivity index (χ4n) is 4.89. The van der Waals surface area contributed by atoms with Gasteiger partial charge in [-0.25, -0.2) is 14.2 Å². The van der Waals surface area contributed by atoms with Gasteiger partial charge in [0.1, 0.15) is 30.0 Å². The molecule has 0 bridgehead atoms. The Hall–Kier alpha value is -3.04. The van der Waals surface area contributed by atoms with Crippen molar-refractivity contribution in [2.24, 2.45) is 4.99 Å². The summed E-state index contributed by atoms with van der Waals surface area (Å²) in [6.07, 6.45) is 1.70. The van der Waals surface area contributed by atoms with Crippen LogP contribution in [-0.4, -0.2) is 23.2 Å². The van der Waals surface area contributed by atoms with Gasteiger partial charge in [0.15, 0.2) is 4.80 Å². The van der Waals surface area contributed by atoms with E-state index in [4.69, 9.17) is 14.2 Å². The molecule has 0 saturated carbocycles. The molecule has 0 unspecified atom stereocenters. The van der Waals surface area contributed by atoms with Crippen molar-refractivity contribution in [2.75, 3.05) is 6.61 Å². The monoisotopic (exact) mass is 838 g/mol. The van der Waals surface area contributed by atoms with Gasteiger partial charge >= 0.3 is 5.97 Å². The fourth-order valence-corrected chi connectivity index (χ4v) is 8.06. The molecule has 1 aromatic heterocycles. The van der Waals surface area contributed by atoms with Gasteiger partial charge in [-0.2, -0.15) is 0 Å². The molecule has 0 radical (unpaired) electrons. The van der Waals surface area contributed by atoms with Crippen molar-refractivity contribution in [3.05, 3.63) is 121 Å². The molecule has 0 saturated heterocycles. The van der Waals surface area contributed by atoms with Gasteiger partial charge in [0.25, 0.3) is 5.56 Å². The highest BCUT2D eigenvalue weighted by molar-refractivity contribution is 14.1. The number of fused-ring (bicyclic) bond motifs is 1. The number of carbonyl (C=O) groups is 1. The maximum absolute atomic E-state index is 14.1. The molecular weight excluding hydrogens is 809 g/mol. The lowest BCUT2D eigenvalue weighted by Crippen LogP contribution is -2.40. The number of aromatic nitrogens is 1. The molecule has 0 amide bonds. The molecule has 7 nitrogen and oxygen atoms in total. The van der Waals surface area contributed by atoms with Gasteiger partial charge in [-0.1, -0.05) is 41.7 Å². The normalized spacial score (nSPS) is 14.8. The minimum absolute atomic E-state index is 0.117. The zero-order chi connectivity index (χ0) is 31.5. The highest BCUT2D eigenvalue weighted by Crippen LogP contribution is 2.36. The van der Waals surface area contributed by atoms with Gasteiger partial charge in [0.05, 0.1) is 35.7 Å². The summed E-state index contributed by atoms with van der Waals surface area (Å²) >= 11 is 5.66. The Morgan fingerprint density at radius 3 is 2.52 bits per heavy atom. The zero-order valence-corrected chi connectivity index (χ0v) is 29.5. The van der Waals surface area contributed by atoms with Crippen LogP contribution in [0.2, 0.25) is 0 Å². The maximum Gasteiger partial charge on any atom is 0.338 e. The molecule has 0 N–H and O–H groups in total. The molecular formula is C33H29FI2N2O5S. The molecule has 2 heterocycles. The van der Waals surface area contributed by atoms with Crippen LogP contribution in [0.4, 0.5) is 4.39 Å². The van der Waals surface area contributed by atoms with E-state index in [1.807, 2.05) is 62.4 Å². The maximum atomic E-state index is 14.1. The van der Waals surface area contributed by atoms with Crippen molar-refractivity contribution in [3.63, 3.8) is 0 Å². The number of hydrogen-bond donors (Lipinski definition) is 0. The van der Waals surface area contributed by atoms with Gasteiger partial charge in [0, 0.05) is 5.56 Å². The third-order valence-corrected chi connectivity index (χ3v) is 9.27. The van der Waals surface area contributed by atoms with Crippen LogP contribution in [0.3, 0.4) is 0 Å². The van der Waals surface area contributed by atoms with Crippen LogP contribution in [0.15, 0.2) is 81.7 Å². The Kier molecular flexibility index (Phi) is 10.3. The summed E-state index contributed by atoms with van der Waals surface area (Å²) in [6, 6.07) is 16.8. The Bertz CT molecular complexity index is 1930. The quantitative estimate of drug-likeness (QED) is 0.142. The fraction of sp³-hybridized carbons (Fsp3) is 0.242. The van der Waals surface area contributed by atoms with E-state index in [9.17, 15) is 14.0 Å². The second kappa shape index (κ2) is 13.9. The van der Waals surface area contributed by atoms with Gasteiger partial charge in [-0.3, -0.25) is 9.36 Å². The number of para-hydroxylation sites is 1. The van der Waals surface area contributed by atoms with E-state index < -0.39 is 12.0 Å². The van der Waals surface area contributed by atoms with Crippen LogP contribution >= 0.6 is 56.5 Å². The lowest BCUT2D eigenvalue weighted by molar-refractivity contribution is -0.139. The predicted octanol–water partition coefficient (Wildman–Crippen LogP) is 6.51.